The first-order chi connectivity index (χ1) is 7.08. The van der Waals surface area contributed by atoms with E-state index in [0.717, 1.165) is 10.9 Å². The second-order valence-electron chi connectivity index (χ2n) is 4.15. The zero-order chi connectivity index (χ0) is 11.0. The predicted molar refractivity (Wildman–Crippen MR) is 65.3 cm³/mol. The Hall–Kier alpha value is -0.830. The minimum Gasteiger partial charge on any atom is -0.371 e. The summed E-state index contributed by atoms with van der Waals surface area (Å²) in [5.74, 6) is 0.263. The highest BCUT2D eigenvalue weighted by atomic mass is 79.9. The first-order valence-electron chi connectivity index (χ1n) is 5.08. The number of carbonyl (C=O) groups is 1. The maximum Gasteiger partial charge on any atom is 0.131 e. The van der Waals surface area contributed by atoms with Crippen molar-refractivity contribution in [3.8, 4) is 0 Å². The zero-order valence-corrected chi connectivity index (χ0v) is 10.5. The van der Waals surface area contributed by atoms with Gasteiger partial charge in [0.1, 0.15) is 5.78 Å². The number of rotatable bonds is 2. The molecule has 0 radical (unpaired) electrons. The van der Waals surface area contributed by atoms with Crippen LogP contribution in [0.1, 0.15) is 18.9 Å². The molecule has 0 aromatic heterocycles. The molecule has 2 nitrogen and oxygen atoms in total. The maximum absolute atomic E-state index is 11.1. The molecule has 0 bridgehead atoms. The minimum absolute atomic E-state index is 0.263. The molecule has 1 aromatic carbocycles. The van der Waals surface area contributed by atoms with Crippen LogP contribution >= 0.6 is 15.9 Å². The molecule has 0 aliphatic carbocycles. The third kappa shape index (κ3) is 2.07. The topological polar surface area (TPSA) is 20.3 Å². The van der Waals surface area contributed by atoms with Crippen molar-refractivity contribution < 1.29 is 4.79 Å². The van der Waals surface area contributed by atoms with Crippen molar-refractivity contribution in [2.45, 2.75) is 25.8 Å². The van der Waals surface area contributed by atoms with Crippen molar-refractivity contribution in [2.75, 3.05) is 11.9 Å². The molecule has 1 aromatic rings. The van der Waals surface area contributed by atoms with Gasteiger partial charge < -0.3 is 4.90 Å². The molecule has 1 unspecified atom stereocenters. The average molecular weight is 268 g/mol. The number of likely N-dealkylation sites (N-methyl/N-ethyl adjacent to an activating group) is 1. The summed E-state index contributed by atoms with van der Waals surface area (Å²) in [5, 5.41) is 0. The zero-order valence-electron chi connectivity index (χ0n) is 8.96. The molecule has 1 aliphatic heterocycles. The SMILES string of the molecule is CC(=O)CC1Cc2cc(Br)ccc2N1C. The van der Waals surface area contributed by atoms with Crippen molar-refractivity contribution in [1.82, 2.24) is 0 Å². The van der Waals surface area contributed by atoms with Crippen molar-refractivity contribution in [1.29, 1.82) is 0 Å². The number of carbonyl (C=O) groups excluding carboxylic acids is 1. The molecule has 80 valence electrons. The number of anilines is 1. The minimum atomic E-state index is 0.263. The molecule has 1 heterocycles. The molecular weight excluding hydrogens is 254 g/mol. The molecule has 0 saturated carbocycles. The van der Waals surface area contributed by atoms with Crippen LogP contribution in [0.5, 0.6) is 0 Å². The van der Waals surface area contributed by atoms with Gasteiger partial charge in [0.05, 0.1) is 0 Å². The van der Waals surface area contributed by atoms with Gasteiger partial charge >= 0.3 is 0 Å². The van der Waals surface area contributed by atoms with Crippen LogP contribution in [-0.2, 0) is 11.2 Å². The fraction of sp³-hybridized carbons (Fsp3) is 0.417. The Morgan fingerprint density at radius 3 is 3.00 bits per heavy atom. The normalized spacial score (nSPS) is 19.1. The van der Waals surface area contributed by atoms with E-state index in [0.29, 0.717) is 12.5 Å². The number of hydrogen-bond donors (Lipinski definition) is 0. The van der Waals surface area contributed by atoms with Gasteiger partial charge in [-0.2, -0.15) is 0 Å². The summed E-state index contributed by atoms with van der Waals surface area (Å²) in [6.07, 6.45) is 1.62. The van der Waals surface area contributed by atoms with E-state index in [4.69, 9.17) is 0 Å². The van der Waals surface area contributed by atoms with Gasteiger partial charge in [-0.3, -0.25) is 4.79 Å². The molecule has 3 heteroatoms. The number of fused-ring (bicyclic) bond motifs is 1. The van der Waals surface area contributed by atoms with Crippen molar-refractivity contribution in [2.24, 2.45) is 0 Å². The van der Waals surface area contributed by atoms with Crippen LogP contribution in [0, 0.1) is 0 Å². The highest BCUT2D eigenvalue weighted by Gasteiger charge is 2.26. The fourth-order valence-corrected chi connectivity index (χ4v) is 2.60. The number of nitrogens with zero attached hydrogens (tertiary/aromatic N) is 1. The van der Waals surface area contributed by atoms with Gasteiger partial charge in [-0.15, -0.1) is 0 Å². The number of Topliss-reactive ketones (excluding diaryl/α,β-unsaturated/α-hetero) is 1. The van der Waals surface area contributed by atoms with Crippen LogP contribution in [0.3, 0.4) is 0 Å². The Kier molecular flexibility index (Phi) is 2.83. The third-order valence-electron chi connectivity index (χ3n) is 2.95. The van der Waals surface area contributed by atoms with Gasteiger partial charge in [0.15, 0.2) is 0 Å². The fourth-order valence-electron chi connectivity index (χ4n) is 2.19. The lowest BCUT2D eigenvalue weighted by Gasteiger charge is -2.21. The van der Waals surface area contributed by atoms with E-state index in [2.05, 4.69) is 40.0 Å². The van der Waals surface area contributed by atoms with Crippen LogP contribution in [-0.4, -0.2) is 18.9 Å². The van der Waals surface area contributed by atoms with E-state index < -0.39 is 0 Å². The molecular formula is C12H14BrNO. The molecule has 0 amide bonds. The van der Waals surface area contributed by atoms with Gasteiger partial charge in [0, 0.05) is 29.7 Å². The van der Waals surface area contributed by atoms with Crippen molar-refractivity contribution >= 4 is 27.4 Å². The lowest BCUT2D eigenvalue weighted by molar-refractivity contribution is -0.117. The highest BCUT2D eigenvalue weighted by Crippen LogP contribution is 2.33. The number of benzene rings is 1. The Morgan fingerprint density at radius 1 is 1.60 bits per heavy atom. The average Bonchev–Trinajstić information content (AvgIpc) is 2.42. The van der Waals surface area contributed by atoms with E-state index in [9.17, 15) is 4.79 Å². The third-order valence-corrected chi connectivity index (χ3v) is 3.44. The molecule has 15 heavy (non-hydrogen) atoms. The van der Waals surface area contributed by atoms with Gasteiger partial charge in [-0.1, -0.05) is 15.9 Å². The summed E-state index contributed by atoms with van der Waals surface area (Å²) in [7, 11) is 2.06. The Balaban J connectivity index is 2.25. The first-order valence-corrected chi connectivity index (χ1v) is 5.88. The van der Waals surface area contributed by atoms with E-state index in [1.807, 2.05) is 6.07 Å². The van der Waals surface area contributed by atoms with Crippen LogP contribution in [0.2, 0.25) is 0 Å². The van der Waals surface area contributed by atoms with E-state index in [-0.39, 0.29) is 5.78 Å². The van der Waals surface area contributed by atoms with E-state index >= 15 is 0 Å². The van der Waals surface area contributed by atoms with Gasteiger partial charge in [-0.05, 0) is 37.1 Å². The maximum atomic E-state index is 11.1. The summed E-state index contributed by atoms with van der Waals surface area (Å²) in [4.78, 5) is 13.3. The van der Waals surface area contributed by atoms with Crippen LogP contribution in [0.25, 0.3) is 0 Å². The molecule has 2 rings (SSSR count). The molecule has 0 fully saturated rings. The lowest BCUT2D eigenvalue weighted by atomic mass is 10.1. The highest BCUT2D eigenvalue weighted by molar-refractivity contribution is 9.10. The van der Waals surface area contributed by atoms with Gasteiger partial charge in [-0.25, -0.2) is 0 Å². The van der Waals surface area contributed by atoms with Gasteiger partial charge in [0.25, 0.3) is 0 Å². The summed E-state index contributed by atoms with van der Waals surface area (Å²) >= 11 is 3.47. The lowest BCUT2D eigenvalue weighted by Crippen LogP contribution is -2.29. The molecule has 1 aliphatic rings. The Bertz CT molecular complexity index is 403. The molecule has 0 spiro atoms. The molecule has 0 N–H and O–H groups in total. The summed E-state index contributed by atoms with van der Waals surface area (Å²) in [6, 6.07) is 6.64. The summed E-state index contributed by atoms with van der Waals surface area (Å²) in [5.41, 5.74) is 2.59. The molecule has 0 saturated heterocycles. The second-order valence-corrected chi connectivity index (χ2v) is 5.06. The number of hydrogen-bond acceptors (Lipinski definition) is 2. The molecule has 1 atom stereocenters. The quantitative estimate of drug-likeness (QED) is 0.822. The van der Waals surface area contributed by atoms with Crippen molar-refractivity contribution in [3.63, 3.8) is 0 Å². The van der Waals surface area contributed by atoms with Crippen LogP contribution < -0.4 is 4.90 Å². The summed E-state index contributed by atoms with van der Waals surface area (Å²) in [6.45, 7) is 1.66. The monoisotopic (exact) mass is 267 g/mol. The largest absolute Gasteiger partial charge is 0.371 e. The second kappa shape index (κ2) is 3.97. The van der Waals surface area contributed by atoms with Crippen LogP contribution in [0.4, 0.5) is 5.69 Å². The number of ketones is 1. The smallest absolute Gasteiger partial charge is 0.131 e. The number of halogens is 1. The standard InChI is InChI=1S/C12H14BrNO/c1-8(15)5-11-7-9-6-10(13)3-4-12(9)14(11)2/h3-4,6,11H,5,7H2,1-2H3. The Labute approximate surface area is 98.4 Å². The predicted octanol–water partition coefficient (Wildman–Crippen LogP) is 2.79. The van der Waals surface area contributed by atoms with Crippen molar-refractivity contribution in [3.05, 3.63) is 28.2 Å². The van der Waals surface area contributed by atoms with E-state index in [1.165, 1.54) is 11.3 Å². The van der Waals surface area contributed by atoms with E-state index in [1.54, 1.807) is 6.92 Å². The first kappa shape index (κ1) is 10.7. The van der Waals surface area contributed by atoms with Crippen LogP contribution in [0.15, 0.2) is 22.7 Å². The summed E-state index contributed by atoms with van der Waals surface area (Å²) < 4.78 is 1.11. The van der Waals surface area contributed by atoms with Gasteiger partial charge in [0.2, 0.25) is 0 Å². The Morgan fingerprint density at radius 2 is 2.33 bits per heavy atom.